The van der Waals surface area contributed by atoms with Gasteiger partial charge in [0.1, 0.15) is 11.5 Å². The lowest BCUT2D eigenvalue weighted by Gasteiger charge is -2.31. The molecule has 3 nitrogen and oxygen atoms in total. The average Bonchev–Trinajstić information content (AvgIpc) is 2.61. The van der Waals surface area contributed by atoms with Crippen molar-refractivity contribution in [3.8, 4) is 0 Å². The second-order valence-electron chi connectivity index (χ2n) is 4.39. The number of carbonyl (C=O) groups excluding carboxylic acids is 1. The lowest BCUT2D eigenvalue weighted by atomic mass is 9.83. The standard InChI is InChI=1S/C11H16N2OS/c1-8-9(7-14)13-10(12-8)11(2)3-5-15-6-4-11/h7H,3-6H2,1-2H3,(H,12,13). The average molecular weight is 224 g/mol. The molecule has 0 bridgehead atoms. The lowest BCUT2D eigenvalue weighted by molar-refractivity contribution is 0.111. The van der Waals surface area contributed by atoms with Crippen molar-refractivity contribution in [2.75, 3.05) is 11.5 Å². The molecule has 0 amide bonds. The molecular weight excluding hydrogens is 208 g/mol. The van der Waals surface area contributed by atoms with Gasteiger partial charge in [-0.25, -0.2) is 4.98 Å². The Kier molecular flexibility index (Phi) is 2.87. The highest BCUT2D eigenvalue weighted by atomic mass is 32.2. The Bertz CT molecular complexity index is 367. The smallest absolute Gasteiger partial charge is 0.170 e. The van der Waals surface area contributed by atoms with Crippen molar-refractivity contribution in [3.05, 3.63) is 17.2 Å². The summed E-state index contributed by atoms with van der Waals surface area (Å²) in [5.41, 5.74) is 1.58. The Morgan fingerprint density at radius 1 is 1.47 bits per heavy atom. The molecule has 1 saturated heterocycles. The number of nitrogens with zero attached hydrogens (tertiary/aromatic N) is 1. The molecule has 82 valence electrons. The van der Waals surface area contributed by atoms with Gasteiger partial charge in [-0.1, -0.05) is 6.92 Å². The number of hydrogen-bond donors (Lipinski definition) is 1. The maximum Gasteiger partial charge on any atom is 0.170 e. The zero-order chi connectivity index (χ0) is 10.9. The van der Waals surface area contributed by atoms with E-state index in [4.69, 9.17) is 0 Å². The van der Waals surface area contributed by atoms with Crippen LogP contribution in [-0.2, 0) is 5.41 Å². The highest BCUT2D eigenvalue weighted by Crippen LogP contribution is 2.36. The minimum atomic E-state index is 0.136. The molecule has 1 aliphatic heterocycles. The number of carbonyl (C=O) groups is 1. The molecule has 1 aromatic heterocycles. The van der Waals surface area contributed by atoms with Crippen molar-refractivity contribution in [1.29, 1.82) is 0 Å². The van der Waals surface area contributed by atoms with Crippen molar-refractivity contribution in [2.45, 2.75) is 32.1 Å². The van der Waals surface area contributed by atoms with E-state index < -0.39 is 0 Å². The van der Waals surface area contributed by atoms with Crippen LogP contribution < -0.4 is 0 Å². The van der Waals surface area contributed by atoms with E-state index in [1.807, 2.05) is 18.7 Å². The number of aromatic amines is 1. The summed E-state index contributed by atoms with van der Waals surface area (Å²) < 4.78 is 0. The maximum atomic E-state index is 10.7. The summed E-state index contributed by atoms with van der Waals surface area (Å²) >= 11 is 2.00. The van der Waals surface area contributed by atoms with Gasteiger partial charge in [0, 0.05) is 11.1 Å². The van der Waals surface area contributed by atoms with E-state index >= 15 is 0 Å². The molecule has 1 fully saturated rings. The first-order valence-corrected chi connectivity index (χ1v) is 6.41. The third kappa shape index (κ3) is 1.95. The number of aromatic nitrogens is 2. The number of H-pyrrole nitrogens is 1. The van der Waals surface area contributed by atoms with E-state index in [0.29, 0.717) is 5.69 Å². The van der Waals surface area contributed by atoms with Crippen LogP contribution >= 0.6 is 11.8 Å². The normalized spacial score (nSPS) is 20.1. The molecule has 0 atom stereocenters. The molecule has 0 spiro atoms. The van der Waals surface area contributed by atoms with E-state index in [9.17, 15) is 4.79 Å². The SMILES string of the molecule is Cc1[nH]c(C2(C)CCSCC2)nc1C=O. The van der Waals surface area contributed by atoms with Crippen LogP contribution in [0.25, 0.3) is 0 Å². The van der Waals surface area contributed by atoms with Gasteiger partial charge in [0.15, 0.2) is 6.29 Å². The van der Waals surface area contributed by atoms with Gasteiger partial charge in [-0.15, -0.1) is 0 Å². The molecule has 0 radical (unpaired) electrons. The summed E-state index contributed by atoms with van der Waals surface area (Å²) in [4.78, 5) is 18.4. The summed E-state index contributed by atoms with van der Waals surface area (Å²) in [6.07, 6.45) is 3.11. The largest absolute Gasteiger partial charge is 0.345 e. The molecule has 2 heterocycles. The number of imidazole rings is 1. The van der Waals surface area contributed by atoms with Gasteiger partial charge >= 0.3 is 0 Å². The summed E-state index contributed by atoms with van der Waals surface area (Å²) in [6, 6.07) is 0. The number of thioether (sulfide) groups is 1. The number of aldehydes is 1. The third-order valence-corrected chi connectivity index (χ3v) is 4.19. The van der Waals surface area contributed by atoms with E-state index in [-0.39, 0.29) is 5.41 Å². The summed E-state index contributed by atoms with van der Waals surface area (Å²) in [5, 5.41) is 0. The Balaban J connectivity index is 2.30. The predicted molar refractivity (Wildman–Crippen MR) is 62.6 cm³/mol. The van der Waals surface area contributed by atoms with Crippen LogP contribution in [0.1, 0.15) is 41.8 Å². The van der Waals surface area contributed by atoms with Crippen molar-refractivity contribution in [2.24, 2.45) is 0 Å². The van der Waals surface area contributed by atoms with Gasteiger partial charge in [-0.3, -0.25) is 4.79 Å². The molecule has 4 heteroatoms. The van der Waals surface area contributed by atoms with Gasteiger partial charge < -0.3 is 4.98 Å². The number of rotatable bonds is 2. The van der Waals surface area contributed by atoms with Gasteiger partial charge in [-0.2, -0.15) is 11.8 Å². The van der Waals surface area contributed by atoms with Crippen LogP contribution in [-0.4, -0.2) is 27.8 Å². The lowest BCUT2D eigenvalue weighted by Crippen LogP contribution is -2.28. The molecule has 0 aliphatic carbocycles. The van der Waals surface area contributed by atoms with Crippen LogP contribution in [0.4, 0.5) is 0 Å². The second-order valence-corrected chi connectivity index (χ2v) is 5.61. The van der Waals surface area contributed by atoms with Crippen LogP contribution in [0.3, 0.4) is 0 Å². The Labute approximate surface area is 94.1 Å². The molecule has 1 aliphatic rings. The van der Waals surface area contributed by atoms with Gasteiger partial charge in [0.2, 0.25) is 0 Å². The molecule has 0 aromatic carbocycles. The quantitative estimate of drug-likeness (QED) is 0.784. The fourth-order valence-electron chi connectivity index (χ4n) is 1.93. The van der Waals surface area contributed by atoms with E-state index in [1.54, 1.807) is 0 Å². The molecule has 1 N–H and O–H groups in total. The van der Waals surface area contributed by atoms with Crippen molar-refractivity contribution >= 4 is 18.0 Å². The predicted octanol–water partition coefficient (Wildman–Crippen LogP) is 2.32. The molecule has 1 aromatic rings. The Morgan fingerprint density at radius 2 is 2.13 bits per heavy atom. The minimum absolute atomic E-state index is 0.136. The van der Waals surface area contributed by atoms with Crippen LogP contribution in [0.2, 0.25) is 0 Å². The van der Waals surface area contributed by atoms with E-state index in [2.05, 4.69) is 16.9 Å². The fourth-order valence-corrected chi connectivity index (χ4v) is 3.33. The number of hydrogen-bond acceptors (Lipinski definition) is 3. The first-order valence-electron chi connectivity index (χ1n) is 5.26. The summed E-state index contributed by atoms with van der Waals surface area (Å²) in [6.45, 7) is 4.14. The summed E-state index contributed by atoms with van der Waals surface area (Å²) in [5.74, 6) is 3.36. The van der Waals surface area contributed by atoms with Crippen LogP contribution in [0.5, 0.6) is 0 Å². The second kappa shape index (κ2) is 4.00. The highest BCUT2D eigenvalue weighted by molar-refractivity contribution is 7.99. The topological polar surface area (TPSA) is 45.8 Å². The Morgan fingerprint density at radius 3 is 2.67 bits per heavy atom. The minimum Gasteiger partial charge on any atom is -0.345 e. The van der Waals surface area contributed by atoms with Gasteiger partial charge in [0.25, 0.3) is 0 Å². The Hall–Kier alpha value is -0.770. The van der Waals surface area contributed by atoms with Gasteiger partial charge in [0.05, 0.1) is 0 Å². The zero-order valence-electron chi connectivity index (χ0n) is 9.17. The first kappa shape index (κ1) is 10.7. The molecule has 0 unspecified atom stereocenters. The maximum absolute atomic E-state index is 10.7. The van der Waals surface area contributed by atoms with Crippen molar-refractivity contribution in [3.63, 3.8) is 0 Å². The van der Waals surface area contributed by atoms with E-state index in [1.165, 1.54) is 11.5 Å². The van der Waals surface area contributed by atoms with Crippen LogP contribution in [0.15, 0.2) is 0 Å². The fraction of sp³-hybridized carbons (Fsp3) is 0.636. The molecule has 15 heavy (non-hydrogen) atoms. The number of nitrogens with one attached hydrogen (secondary N) is 1. The zero-order valence-corrected chi connectivity index (χ0v) is 9.99. The molecule has 2 rings (SSSR count). The van der Waals surface area contributed by atoms with Crippen molar-refractivity contribution in [1.82, 2.24) is 9.97 Å². The van der Waals surface area contributed by atoms with Crippen molar-refractivity contribution < 1.29 is 4.79 Å². The molecular formula is C11H16N2OS. The summed E-state index contributed by atoms with van der Waals surface area (Å²) in [7, 11) is 0. The van der Waals surface area contributed by atoms with Gasteiger partial charge in [-0.05, 0) is 31.3 Å². The third-order valence-electron chi connectivity index (χ3n) is 3.20. The monoisotopic (exact) mass is 224 g/mol. The molecule has 0 saturated carbocycles. The number of aryl methyl sites for hydroxylation is 1. The highest BCUT2D eigenvalue weighted by Gasteiger charge is 2.32. The van der Waals surface area contributed by atoms with E-state index in [0.717, 1.165) is 30.6 Å². The van der Waals surface area contributed by atoms with Crippen LogP contribution in [0, 0.1) is 6.92 Å². The first-order chi connectivity index (χ1) is 7.15.